The first-order valence-corrected chi connectivity index (χ1v) is 10.5. The van der Waals surface area contributed by atoms with Crippen LogP contribution in [0.15, 0.2) is 45.7 Å². The summed E-state index contributed by atoms with van der Waals surface area (Å²) in [5.74, 6) is -0.389. The predicted molar refractivity (Wildman–Crippen MR) is 109 cm³/mol. The van der Waals surface area contributed by atoms with Gasteiger partial charge in [-0.2, -0.15) is 0 Å². The predicted octanol–water partition coefficient (Wildman–Crippen LogP) is 4.10. The summed E-state index contributed by atoms with van der Waals surface area (Å²) in [7, 11) is 1.11. The smallest absolute Gasteiger partial charge is 0.270 e. The molecule has 0 N–H and O–H groups in total. The van der Waals surface area contributed by atoms with Crippen LogP contribution in [0.3, 0.4) is 0 Å². The molecule has 0 unspecified atom stereocenters. The second-order valence-electron chi connectivity index (χ2n) is 6.57. The van der Waals surface area contributed by atoms with E-state index in [0.29, 0.717) is 21.7 Å². The van der Waals surface area contributed by atoms with Gasteiger partial charge in [-0.1, -0.05) is 17.7 Å². The van der Waals surface area contributed by atoms with E-state index in [0.717, 1.165) is 4.31 Å². The number of oxazole rings is 1. The van der Waals surface area contributed by atoms with Crippen LogP contribution >= 0.6 is 23.8 Å². The van der Waals surface area contributed by atoms with E-state index in [4.69, 9.17) is 28.2 Å². The average molecular weight is 444 g/mol. The molecule has 2 aromatic carbocycles. The molecule has 0 atom stereocenters. The van der Waals surface area contributed by atoms with Crippen LogP contribution in [-0.2, 0) is 23.2 Å². The number of hydrogen-bond acceptors (Lipinski definition) is 5. The summed E-state index contributed by atoms with van der Waals surface area (Å²) in [6.45, 7) is 0.512. The molecule has 0 fully saturated rings. The van der Waals surface area contributed by atoms with Crippen LogP contribution < -0.4 is 0 Å². The first-order valence-electron chi connectivity index (χ1n) is 8.28. The lowest BCUT2D eigenvalue weighted by atomic mass is 10.2. The lowest BCUT2D eigenvalue weighted by Gasteiger charge is -2.19. The van der Waals surface area contributed by atoms with Gasteiger partial charge in [0.1, 0.15) is 5.82 Å². The van der Waals surface area contributed by atoms with Crippen LogP contribution in [0.5, 0.6) is 0 Å². The summed E-state index contributed by atoms with van der Waals surface area (Å²) in [5, 5.41) is 0.340. The number of fused-ring (bicyclic) bond motifs is 1. The van der Waals surface area contributed by atoms with Crippen LogP contribution in [0.1, 0.15) is 5.56 Å². The van der Waals surface area contributed by atoms with Crippen LogP contribution in [-0.4, -0.2) is 43.3 Å². The van der Waals surface area contributed by atoms with Crippen LogP contribution in [0.4, 0.5) is 4.39 Å². The molecule has 0 radical (unpaired) electrons. The van der Waals surface area contributed by atoms with Crippen molar-refractivity contribution in [3.05, 3.63) is 57.6 Å². The summed E-state index contributed by atoms with van der Waals surface area (Å²) in [5.41, 5.74) is 1.39. The van der Waals surface area contributed by atoms with Crippen LogP contribution in [0.25, 0.3) is 11.1 Å². The van der Waals surface area contributed by atoms with Gasteiger partial charge in [-0.05, 0) is 49.6 Å². The Balaban J connectivity index is 1.96. The molecule has 0 saturated heterocycles. The van der Waals surface area contributed by atoms with E-state index in [1.165, 1.54) is 32.3 Å². The Labute approximate surface area is 172 Å². The molecule has 28 heavy (non-hydrogen) atoms. The second kappa shape index (κ2) is 7.92. The zero-order valence-electron chi connectivity index (χ0n) is 15.5. The minimum atomic E-state index is -3.60. The van der Waals surface area contributed by atoms with Crippen molar-refractivity contribution in [1.82, 2.24) is 13.8 Å². The first-order chi connectivity index (χ1) is 13.1. The van der Waals surface area contributed by atoms with Crippen molar-refractivity contribution in [2.75, 3.05) is 21.1 Å². The molecule has 0 bridgehead atoms. The van der Waals surface area contributed by atoms with Crippen molar-refractivity contribution in [2.24, 2.45) is 0 Å². The average Bonchev–Trinajstić information content (AvgIpc) is 2.93. The van der Waals surface area contributed by atoms with Crippen LogP contribution in [0, 0.1) is 10.7 Å². The summed E-state index contributed by atoms with van der Waals surface area (Å²) in [6.07, 6.45) is 0. The third-order valence-corrected chi connectivity index (χ3v) is 6.76. The molecule has 150 valence electrons. The van der Waals surface area contributed by atoms with Crippen molar-refractivity contribution in [3.8, 4) is 0 Å². The van der Waals surface area contributed by atoms with E-state index in [1.807, 2.05) is 4.90 Å². The topological polar surface area (TPSA) is 58.7 Å². The standard InChI is InChI=1S/C18H19ClFN3O3S2/c1-21(2)28(24,25)12-7-8-17-16(9-12)23(18(27)26-17)11-22(3)10-13-14(19)5-4-6-15(13)20/h4-9H,10-11H2,1-3H3. The van der Waals surface area contributed by atoms with E-state index in [9.17, 15) is 12.8 Å². The van der Waals surface area contributed by atoms with Gasteiger partial charge in [0.05, 0.1) is 17.1 Å². The molecule has 0 saturated carbocycles. The summed E-state index contributed by atoms with van der Waals surface area (Å²) in [4.78, 5) is 2.14. The van der Waals surface area contributed by atoms with Gasteiger partial charge in [-0.25, -0.2) is 17.1 Å². The molecule has 0 amide bonds. The summed E-state index contributed by atoms with van der Waals surface area (Å²) < 4.78 is 47.3. The fraction of sp³-hybridized carbons (Fsp3) is 0.278. The van der Waals surface area contributed by atoms with Crippen molar-refractivity contribution < 1.29 is 17.2 Å². The highest BCUT2D eigenvalue weighted by Gasteiger charge is 2.20. The monoisotopic (exact) mass is 443 g/mol. The van der Waals surface area contributed by atoms with Gasteiger partial charge in [-0.15, -0.1) is 0 Å². The maximum absolute atomic E-state index is 14.1. The SMILES string of the molecule is CN(Cc1c(F)cccc1Cl)Cn1c(=S)oc2ccc(S(=O)(=O)N(C)C)cc21. The van der Waals surface area contributed by atoms with Crippen molar-refractivity contribution in [3.63, 3.8) is 0 Å². The van der Waals surface area contributed by atoms with Gasteiger partial charge in [-0.3, -0.25) is 9.47 Å². The van der Waals surface area contributed by atoms with E-state index in [2.05, 4.69) is 0 Å². The molecule has 3 aromatic rings. The molecular formula is C18H19ClFN3O3S2. The Morgan fingerprint density at radius 2 is 1.93 bits per heavy atom. The zero-order chi connectivity index (χ0) is 20.6. The molecule has 3 rings (SSSR count). The number of halogens is 2. The van der Waals surface area contributed by atoms with Crippen LogP contribution in [0.2, 0.25) is 5.02 Å². The largest absolute Gasteiger partial charge is 0.429 e. The van der Waals surface area contributed by atoms with Gasteiger partial charge < -0.3 is 4.42 Å². The molecular weight excluding hydrogens is 425 g/mol. The van der Waals surface area contributed by atoms with Gasteiger partial charge in [0, 0.05) is 31.2 Å². The molecule has 0 aliphatic carbocycles. The van der Waals surface area contributed by atoms with Crippen molar-refractivity contribution in [1.29, 1.82) is 0 Å². The number of aromatic nitrogens is 1. The lowest BCUT2D eigenvalue weighted by Crippen LogP contribution is -2.23. The van der Waals surface area contributed by atoms with E-state index in [-0.39, 0.29) is 28.8 Å². The maximum atomic E-state index is 14.1. The minimum absolute atomic E-state index is 0.134. The van der Waals surface area contributed by atoms with E-state index < -0.39 is 10.0 Å². The first kappa shape index (κ1) is 20.9. The van der Waals surface area contributed by atoms with Gasteiger partial charge in [0.2, 0.25) is 10.0 Å². The second-order valence-corrected chi connectivity index (χ2v) is 9.48. The highest BCUT2D eigenvalue weighted by atomic mass is 35.5. The molecule has 0 aliphatic rings. The maximum Gasteiger partial charge on any atom is 0.270 e. The zero-order valence-corrected chi connectivity index (χ0v) is 17.9. The molecule has 0 aliphatic heterocycles. The number of nitrogens with zero attached hydrogens (tertiary/aromatic N) is 3. The number of benzene rings is 2. The van der Waals surface area contributed by atoms with Gasteiger partial charge >= 0.3 is 0 Å². The van der Waals surface area contributed by atoms with Crippen molar-refractivity contribution in [2.45, 2.75) is 18.1 Å². The Morgan fingerprint density at radius 1 is 1.21 bits per heavy atom. The summed E-state index contributed by atoms with van der Waals surface area (Å²) >= 11 is 11.4. The van der Waals surface area contributed by atoms with E-state index in [1.54, 1.807) is 29.8 Å². The lowest BCUT2D eigenvalue weighted by molar-refractivity contribution is 0.254. The fourth-order valence-corrected chi connectivity index (χ4v) is 4.18. The highest BCUT2D eigenvalue weighted by Crippen LogP contribution is 2.25. The minimum Gasteiger partial charge on any atom is -0.429 e. The Morgan fingerprint density at radius 3 is 2.57 bits per heavy atom. The Bertz CT molecular complexity index is 1170. The molecule has 0 spiro atoms. The molecule has 1 aromatic heterocycles. The quantitative estimate of drug-likeness (QED) is 0.537. The number of rotatable bonds is 6. The van der Waals surface area contributed by atoms with Crippen molar-refractivity contribution >= 4 is 44.9 Å². The third kappa shape index (κ3) is 3.99. The van der Waals surface area contributed by atoms with E-state index >= 15 is 0 Å². The Kier molecular flexibility index (Phi) is 5.92. The van der Waals surface area contributed by atoms with Gasteiger partial charge in [0.25, 0.3) is 4.84 Å². The number of sulfonamides is 1. The number of hydrogen-bond donors (Lipinski definition) is 0. The Hall–Kier alpha value is -1.78. The summed E-state index contributed by atoms with van der Waals surface area (Å²) in [6, 6.07) is 9.10. The molecule has 10 heteroatoms. The normalized spacial score (nSPS) is 12.4. The highest BCUT2D eigenvalue weighted by molar-refractivity contribution is 7.89. The third-order valence-electron chi connectivity index (χ3n) is 4.29. The molecule has 1 heterocycles. The fourth-order valence-electron chi connectivity index (χ4n) is 2.79. The molecule has 6 nitrogen and oxygen atoms in total. The van der Waals surface area contributed by atoms with Gasteiger partial charge in [0.15, 0.2) is 5.58 Å².